The predicted octanol–water partition coefficient (Wildman–Crippen LogP) is 2.78. The first kappa shape index (κ1) is 18.3. The van der Waals surface area contributed by atoms with Crippen LogP contribution in [0.1, 0.15) is 33.9 Å². The third-order valence-electron chi connectivity index (χ3n) is 4.63. The average molecular weight is 380 g/mol. The SMILES string of the molecule is NCCc1nc(C(=O)NCC2(c3ccccc3Cl)CCOCC2)cs1. The Morgan fingerprint density at radius 3 is 2.84 bits per heavy atom. The van der Waals surface area contributed by atoms with Gasteiger partial charge in [-0.2, -0.15) is 0 Å². The van der Waals surface area contributed by atoms with Gasteiger partial charge in [0.15, 0.2) is 0 Å². The molecule has 1 amide bonds. The Morgan fingerprint density at radius 2 is 2.12 bits per heavy atom. The van der Waals surface area contributed by atoms with Crippen molar-refractivity contribution in [3.05, 3.63) is 50.9 Å². The standard InChI is InChI=1S/C18H22ClN3O2S/c19-14-4-2-1-3-13(14)18(6-9-24-10-7-18)12-21-17(23)15-11-25-16(22-15)5-8-20/h1-4,11H,5-10,12,20H2,(H,21,23). The molecule has 2 heterocycles. The number of nitrogens with zero attached hydrogens (tertiary/aromatic N) is 1. The Labute approximate surface area is 156 Å². The summed E-state index contributed by atoms with van der Waals surface area (Å²) in [5.41, 5.74) is 6.86. The van der Waals surface area contributed by atoms with Crippen LogP contribution in [-0.4, -0.2) is 37.2 Å². The number of carbonyl (C=O) groups excluding carboxylic acids is 1. The number of halogens is 1. The molecule has 0 spiro atoms. The molecule has 1 aliphatic rings. The van der Waals surface area contributed by atoms with E-state index in [0.717, 1.165) is 28.4 Å². The van der Waals surface area contributed by atoms with Gasteiger partial charge in [0.05, 0.1) is 5.01 Å². The Balaban J connectivity index is 1.75. The molecule has 0 bridgehead atoms. The number of benzene rings is 1. The van der Waals surface area contributed by atoms with Gasteiger partial charge in [-0.25, -0.2) is 4.98 Å². The molecule has 25 heavy (non-hydrogen) atoms. The summed E-state index contributed by atoms with van der Waals surface area (Å²) in [5, 5.41) is 6.46. The van der Waals surface area contributed by atoms with Crippen LogP contribution >= 0.6 is 22.9 Å². The van der Waals surface area contributed by atoms with Crippen LogP contribution in [0.3, 0.4) is 0 Å². The van der Waals surface area contributed by atoms with Crippen molar-refractivity contribution in [3.8, 4) is 0 Å². The molecule has 0 saturated carbocycles. The number of rotatable bonds is 6. The maximum absolute atomic E-state index is 12.5. The lowest BCUT2D eigenvalue weighted by molar-refractivity contribution is 0.0487. The molecule has 0 atom stereocenters. The van der Waals surface area contributed by atoms with Crippen molar-refractivity contribution in [3.63, 3.8) is 0 Å². The largest absolute Gasteiger partial charge is 0.381 e. The topological polar surface area (TPSA) is 77.2 Å². The van der Waals surface area contributed by atoms with Gasteiger partial charge in [-0.1, -0.05) is 29.8 Å². The second-order valence-electron chi connectivity index (χ2n) is 6.22. The van der Waals surface area contributed by atoms with Gasteiger partial charge in [0.1, 0.15) is 5.69 Å². The molecule has 0 radical (unpaired) electrons. The lowest BCUT2D eigenvalue weighted by atomic mass is 9.74. The Bertz CT molecular complexity index is 729. The van der Waals surface area contributed by atoms with Crippen molar-refractivity contribution < 1.29 is 9.53 Å². The van der Waals surface area contributed by atoms with E-state index in [1.54, 1.807) is 5.38 Å². The van der Waals surface area contributed by atoms with Gasteiger partial charge in [-0.05, 0) is 31.0 Å². The number of hydrogen-bond acceptors (Lipinski definition) is 5. The fourth-order valence-corrected chi connectivity index (χ4v) is 4.32. The van der Waals surface area contributed by atoms with Crippen LogP contribution in [0.2, 0.25) is 5.02 Å². The highest BCUT2D eigenvalue weighted by Gasteiger charge is 2.36. The van der Waals surface area contributed by atoms with Gasteiger partial charge in [-0.3, -0.25) is 4.79 Å². The predicted molar refractivity (Wildman–Crippen MR) is 100 cm³/mol. The van der Waals surface area contributed by atoms with E-state index in [1.165, 1.54) is 11.3 Å². The zero-order valence-corrected chi connectivity index (χ0v) is 15.5. The zero-order valence-electron chi connectivity index (χ0n) is 14.0. The molecule has 0 unspecified atom stereocenters. The number of carbonyl (C=O) groups is 1. The van der Waals surface area contributed by atoms with Crippen LogP contribution in [0.15, 0.2) is 29.6 Å². The third kappa shape index (κ3) is 4.20. The van der Waals surface area contributed by atoms with E-state index in [9.17, 15) is 4.79 Å². The summed E-state index contributed by atoms with van der Waals surface area (Å²) in [5.74, 6) is -0.155. The van der Waals surface area contributed by atoms with Gasteiger partial charge in [0.25, 0.3) is 5.91 Å². The molecule has 0 aliphatic carbocycles. The molecule has 1 fully saturated rings. The van der Waals surface area contributed by atoms with Gasteiger partial charge < -0.3 is 15.8 Å². The van der Waals surface area contributed by atoms with Crippen LogP contribution in [-0.2, 0) is 16.6 Å². The maximum atomic E-state index is 12.5. The molecular weight excluding hydrogens is 358 g/mol. The van der Waals surface area contributed by atoms with Crippen LogP contribution in [0.4, 0.5) is 0 Å². The average Bonchev–Trinajstić information content (AvgIpc) is 3.10. The molecule has 1 aromatic carbocycles. The summed E-state index contributed by atoms with van der Waals surface area (Å²) in [7, 11) is 0. The summed E-state index contributed by atoms with van der Waals surface area (Å²) in [6.45, 7) is 2.38. The molecule has 3 N–H and O–H groups in total. The van der Waals surface area contributed by atoms with Crippen molar-refractivity contribution >= 4 is 28.8 Å². The molecule has 5 nitrogen and oxygen atoms in total. The van der Waals surface area contributed by atoms with Gasteiger partial charge in [0, 0.05) is 42.0 Å². The van der Waals surface area contributed by atoms with Crippen molar-refractivity contribution in [2.45, 2.75) is 24.7 Å². The van der Waals surface area contributed by atoms with E-state index >= 15 is 0 Å². The fraction of sp³-hybridized carbons (Fsp3) is 0.444. The number of hydrogen-bond donors (Lipinski definition) is 2. The first-order valence-electron chi connectivity index (χ1n) is 8.40. The second-order valence-corrected chi connectivity index (χ2v) is 7.57. The summed E-state index contributed by atoms with van der Waals surface area (Å²) >= 11 is 7.91. The minimum Gasteiger partial charge on any atom is -0.381 e. The number of thiazole rings is 1. The molecule has 1 aromatic heterocycles. The molecule has 134 valence electrons. The van der Waals surface area contributed by atoms with E-state index in [-0.39, 0.29) is 11.3 Å². The molecule has 3 rings (SSSR count). The highest BCUT2D eigenvalue weighted by atomic mass is 35.5. The fourth-order valence-electron chi connectivity index (χ4n) is 3.19. The lowest BCUT2D eigenvalue weighted by Gasteiger charge is -2.38. The first-order valence-corrected chi connectivity index (χ1v) is 9.66. The maximum Gasteiger partial charge on any atom is 0.270 e. The van der Waals surface area contributed by atoms with E-state index in [1.807, 2.05) is 24.3 Å². The van der Waals surface area contributed by atoms with Crippen molar-refractivity contribution in [1.82, 2.24) is 10.3 Å². The summed E-state index contributed by atoms with van der Waals surface area (Å²) in [6.07, 6.45) is 2.35. The number of amides is 1. The highest BCUT2D eigenvalue weighted by molar-refractivity contribution is 7.09. The minimum absolute atomic E-state index is 0.155. The second kappa shape index (κ2) is 8.27. The van der Waals surface area contributed by atoms with Gasteiger partial charge in [0.2, 0.25) is 0 Å². The van der Waals surface area contributed by atoms with E-state index in [2.05, 4.69) is 10.3 Å². The van der Waals surface area contributed by atoms with E-state index < -0.39 is 0 Å². The quantitative estimate of drug-likeness (QED) is 0.809. The minimum atomic E-state index is -0.206. The number of ether oxygens (including phenoxy) is 1. The van der Waals surface area contributed by atoms with Gasteiger partial charge >= 0.3 is 0 Å². The zero-order chi connectivity index (χ0) is 17.7. The first-order chi connectivity index (χ1) is 12.1. The van der Waals surface area contributed by atoms with Crippen molar-refractivity contribution in [2.75, 3.05) is 26.3 Å². The van der Waals surface area contributed by atoms with Crippen LogP contribution < -0.4 is 11.1 Å². The monoisotopic (exact) mass is 379 g/mol. The molecule has 1 aliphatic heterocycles. The van der Waals surface area contributed by atoms with Crippen molar-refractivity contribution in [1.29, 1.82) is 0 Å². The summed E-state index contributed by atoms with van der Waals surface area (Å²) in [4.78, 5) is 16.9. The van der Waals surface area contributed by atoms with Crippen molar-refractivity contribution in [2.24, 2.45) is 5.73 Å². The van der Waals surface area contributed by atoms with E-state index in [4.69, 9.17) is 22.1 Å². The lowest BCUT2D eigenvalue weighted by Crippen LogP contribution is -2.44. The Hall–Kier alpha value is -1.47. The normalized spacial score (nSPS) is 16.6. The number of nitrogens with two attached hydrogens (primary N) is 1. The van der Waals surface area contributed by atoms with Crippen LogP contribution in [0, 0.1) is 0 Å². The number of aromatic nitrogens is 1. The van der Waals surface area contributed by atoms with Gasteiger partial charge in [-0.15, -0.1) is 11.3 Å². The third-order valence-corrected chi connectivity index (χ3v) is 5.86. The molecule has 1 saturated heterocycles. The molecule has 2 aromatic rings. The molecule has 7 heteroatoms. The number of nitrogens with one attached hydrogen (secondary N) is 1. The smallest absolute Gasteiger partial charge is 0.270 e. The van der Waals surface area contributed by atoms with E-state index in [0.29, 0.717) is 38.4 Å². The Morgan fingerprint density at radius 1 is 1.36 bits per heavy atom. The summed E-state index contributed by atoms with van der Waals surface area (Å²) in [6, 6.07) is 7.85. The van der Waals surface area contributed by atoms with Crippen LogP contribution in [0.5, 0.6) is 0 Å². The Kier molecular flexibility index (Phi) is 6.06. The highest BCUT2D eigenvalue weighted by Crippen LogP contribution is 2.38. The molecular formula is C18H22ClN3O2S. The van der Waals surface area contributed by atoms with Crippen LogP contribution in [0.25, 0.3) is 0 Å². The summed E-state index contributed by atoms with van der Waals surface area (Å²) < 4.78 is 5.53.